The largest absolute Gasteiger partial charge is 0.480 e. The Morgan fingerprint density at radius 1 is 0.963 bits per heavy atom. The second-order valence-electron chi connectivity index (χ2n) is 6.16. The third kappa shape index (κ3) is 5.15. The maximum Gasteiger partial charge on any atom is 0.338 e. The maximum absolute atomic E-state index is 12.2. The summed E-state index contributed by atoms with van der Waals surface area (Å²) in [5.41, 5.74) is 1.60. The lowest BCUT2D eigenvalue weighted by atomic mass is 10.1. The number of hydrogen-bond acceptors (Lipinski definition) is 5. The van der Waals surface area contributed by atoms with Gasteiger partial charge in [-0.1, -0.05) is 60.7 Å². The second kappa shape index (κ2) is 8.46. The number of ether oxygens (including phenoxy) is 2. The van der Waals surface area contributed by atoms with E-state index in [4.69, 9.17) is 9.47 Å². The molecule has 0 radical (unpaired) electrons. The molecule has 1 aliphatic rings. The molecule has 140 valence electrons. The molecule has 1 saturated heterocycles. The number of carboxylic acids is 1. The number of rotatable bonds is 8. The van der Waals surface area contributed by atoms with Gasteiger partial charge in [-0.2, -0.15) is 0 Å². The van der Waals surface area contributed by atoms with Gasteiger partial charge in [0.25, 0.3) is 5.91 Å². The first kappa shape index (κ1) is 18.6. The lowest BCUT2D eigenvalue weighted by Gasteiger charge is -2.13. The molecule has 0 aliphatic carbocycles. The summed E-state index contributed by atoms with van der Waals surface area (Å²) in [5, 5.41) is 11.7. The minimum absolute atomic E-state index is 0.0830. The highest BCUT2D eigenvalue weighted by atomic mass is 16.6. The number of nitrogens with one attached hydrogen (secondary N) is 1. The van der Waals surface area contributed by atoms with E-state index in [0.29, 0.717) is 0 Å². The van der Waals surface area contributed by atoms with Crippen molar-refractivity contribution in [1.82, 2.24) is 5.32 Å². The first-order valence-electron chi connectivity index (χ1n) is 8.47. The second-order valence-corrected chi connectivity index (χ2v) is 6.16. The number of amides is 1. The Labute approximate surface area is 155 Å². The summed E-state index contributed by atoms with van der Waals surface area (Å²) in [4.78, 5) is 35.6. The summed E-state index contributed by atoms with van der Waals surface area (Å²) in [6.45, 7) is 0.0830. The standard InChI is InChI=1S/C20H19NO6/c22-18(21-15(19(23)24)11-13-7-3-1-4-8-13)16-17(27-16)20(25)26-12-14-9-5-2-6-10-14/h1-10,15-17H,11-12H2,(H,21,22)(H,23,24)/t15-,16?,17?/m0/s1. The quantitative estimate of drug-likeness (QED) is 0.537. The van der Waals surface area contributed by atoms with E-state index in [2.05, 4.69) is 5.32 Å². The highest BCUT2D eigenvalue weighted by Crippen LogP contribution is 2.24. The van der Waals surface area contributed by atoms with Gasteiger partial charge in [0.2, 0.25) is 0 Å². The van der Waals surface area contributed by atoms with Gasteiger partial charge in [0.15, 0.2) is 12.2 Å². The van der Waals surface area contributed by atoms with Crippen LogP contribution in [0.4, 0.5) is 0 Å². The zero-order chi connectivity index (χ0) is 19.2. The maximum atomic E-state index is 12.2. The van der Waals surface area contributed by atoms with Crippen LogP contribution in [-0.4, -0.2) is 41.2 Å². The average Bonchev–Trinajstić information content (AvgIpc) is 3.48. The first-order chi connectivity index (χ1) is 13.0. The topological polar surface area (TPSA) is 105 Å². The van der Waals surface area contributed by atoms with Crippen LogP contribution in [0, 0.1) is 0 Å². The number of hydrogen-bond donors (Lipinski definition) is 2. The molecule has 3 atom stereocenters. The van der Waals surface area contributed by atoms with Crippen LogP contribution in [0.1, 0.15) is 11.1 Å². The fourth-order valence-corrected chi connectivity index (χ4v) is 2.61. The molecule has 27 heavy (non-hydrogen) atoms. The van der Waals surface area contributed by atoms with Crippen molar-refractivity contribution in [3.8, 4) is 0 Å². The van der Waals surface area contributed by atoms with E-state index < -0.39 is 36.1 Å². The minimum atomic E-state index is -1.16. The van der Waals surface area contributed by atoms with Gasteiger partial charge in [0.1, 0.15) is 12.6 Å². The molecule has 2 aromatic carbocycles. The molecule has 7 nitrogen and oxygen atoms in total. The van der Waals surface area contributed by atoms with Gasteiger partial charge in [0.05, 0.1) is 0 Å². The first-order valence-corrected chi connectivity index (χ1v) is 8.47. The summed E-state index contributed by atoms with van der Waals surface area (Å²) >= 11 is 0. The number of carbonyl (C=O) groups excluding carboxylic acids is 2. The average molecular weight is 369 g/mol. The van der Waals surface area contributed by atoms with Crippen molar-refractivity contribution in [2.24, 2.45) is 0 Å². The minimum Gasteiger partial charge on any atom is -0.480 e. The van der Waals surface area contributed by atoms with E-state index in [0.717, 1.165) is 11.1 Å². The normalized spacial score (nSPS) is 19.0. The Balaban J connectivity index is 1.49. The molecule has 7 heteroatoms. The molecule has 1 amide bonds. The molecular formula is C20H19NO6. The molecule has 2 aromatic rings. The van der Waals surface area contributed by atoms with Crippen LogP contribution >= 0.6 is 0 Å². The van der Waals surface area contributed by atoms with E-state index in [1.807, 2.05) is 36.4 Å². The SMILES string of the molecule is O=C(N[C@@H](Cc1ccccc1)C(=O)O)C1OC1C(=O)OCc1ccccc1. The van der Waals surface area contributed by atoms with Crippen LogP contribution in [0.5, 0.6) is 0 Å². The van der Waals surface area contributed by atoms with Gasteiger partial charge in [0, 0.05) is 6.42 Å². The van der Waals surface area contributed by atoms with Crippen molar-refractivity contribution in [2.45, 2.75) is 31.3 Å². The van der Waals surface area contributed by atoms with Gasteiger partial charge in [-0.05, 0) is 11.1 Å². The Bertz CT molecular complexity index is 808. The van der Waals surface area contributed by atoms with Gasteiger partial charge < -0.3 is 19.9 Å². The Hall–Kier alpha value is -3.19. The predicted octanol–water partition coefficient (Wildman–Crippen LogP) is 1.31. The molecule has 1 heterocycles. The van der Waals surface area contributed by atoms with Crippen LogP contribution in [0.15, 0.2) is 60.7 Å². The molecule has 2 N–H and O–H groups in total. The fourth-order valence-electron chi connectivity index (χ4n) is 2.61. The van der Waals surface area contributed by atoms with Crippen molar-refractivity contribution < 1.29 is 29.0 Å². The summed E-state index contributed by atoms with van der Waals surface area (Å²) in [6.07, 6.45) is -1.89. The third-order valence-electron chi connectivity index (χ3n) is 4.10. The Morgan fingerprint density at radius 2 is 1.56 bits per heavy atom. The molecular weight excluding hydrogens is 350 g/mol. The Kier molecular flexibility index (Phi) is 5.83. The molecule has 1 aliphatic heterocycles. The fraction of sp³-hybridized carbons (Fsp3) is 0.250. The molecule has 3 rings (SSSR count). The highest BCUT2D eigenvalue weighted by molar-refractivity contribution is 5.94. The molecule has 0 spiro atoms. The van der Waals surface area contributed by atoms with Gasteiger partial charge >= 0.3 is 11.9 Å². The van der Waals surface area contributed by atoms with Crippen LogP contribution in [0.25, 0.3) is 0 Å². The highest BCUT2D eigenvalue weighted by Gasteiger charge is 2.52. The van der Waals surface area contributed by atoms with Crippen molar-refractivity contribution >= 4 is 17.8 Å². The van der Waals surface area contributed by atoms with Crippen molar-refractivity contribution in [3.05, 3.63) is 71.8 Å². The summed E-state index contributed by atoms with van der Waals surface area (Å²) in [5.74, 6) is -2.44. The summed E-state index contributed by atoms with van der Waals surface area (Å²) in [6, 6.07) is 17.0. The van der Waals surface area contributed by atoms with E-state index in [1.165, 1.54) is 0 Å². The van der Waals surface area contributed by atoms with Crippen LogP contribution < -0.4 is 5.32 Å². The lowest BCUT2D eigenvalue weighted by molar-refractivity contribution is -0.146. The molecule has 2 unspecified atom stereocenters. The van der Waals surface area contributed by atoms with E-state index in [9.17, 15) is 19.5 Å². The van der Waals surface area contributed by atoms with E-state index in [1.54, 1.807) is 24.3 Å². The third-order valence-corrected chi connectivity index (χ3v) is 4.10. The smallest absolute Gasteiger partial charge is 0.338 e. The number of epoxide rings is 1. The molecule has 0 aromatic heterocycles. The predicted molar refractivity (Wildman–Crippen MR) is 94.6 cm³/mol. The zero-order valence-corrected chi connectivity index (χ0v) is 14.4. The monoisotopic (exact) mass is 369 g/mol. The van der Waals surface area contributed by atoms with Gasteiger partial charge in [-0.3, -0.25) is 4.79 Å². The lowest BCUT2D eigenvalue weighted by Crippen LogP contribution is -2.44. The van der Waals surface area contributed by atoms with Crippen LogP contribution in [0.2, 0.25) is 0 Å². The molecule has 0 saturated carbocycles. The number of benzene rings is 2. The van der Waals surface area contributed by atoms with Crippen molar-refractivity contribution in [2.75, 3.05) is 0 Å². The Morgan fingerprint density at radius 3 is 2.15 bits per heavy atom. The summed E-state index contributed by atoms with van der Waals surface area (Å²) < 4.78 is 10.2. The van der Waals surface area contributed by atoms with Crippen molar-refractivity contribution in [1.29, 1.82) is 0 Å². The zero-order valence-electron chi connectivity index (χ0n) is 14.4. The molecule has 0 bridgehead atoms. The van der Waals surface area contributed by atoms with E-state index in [-0.39, 0.29) is 13.0 Å². The van der Waals surface area contributed by atoms with Gasteiger partial charge in [-0.15, -0.1) is 0 Å². The van der Waals surface area contributed by atoms with Crippen LogP contribution in [0.3, 0.4) is 0 Å². The number of esters is 1. The number of carbonyl (C=O) groups is 3. The van der Waals surface area contributed by atoms with E-state index >= 15 is 0 Å². The molecule has 1 fully saturated rings. The van der Waals surface area contributed by atoms with Gasteiger partial charge in [-0.25, -0.2) is 9.59 Å². The summed E-state index contributed by atoms with van der Waals surface area (Å²) in [7, 11) is 0. The number of carboxylic acid groups (broad SMARTS) is 1. The number of aliphatic carboxylic acids is 1. The van der Waals surface area contributed by atoms with Crippen molar-refractivity contribution in [3.63, 3.8) is 0 Å². The van der Waals surface area contributed by atoms with Crippen LogP contribution in [-0.2, 0) is 36.9 Å².